The molecule has 0 bridgehead atoms. The van der Waals surface area contributed by atoms with Crippen LogP contribution in [0.2, 0.25) is 0 Å². The lowest BCUT2D eigenvalue weighted by Gasteiger charge is -2.29. The molecule has 1 fully saturated rings. The summed E-state index contributed by atoms with van der Waals surface area (Å²) in [7, 11) is 0. The van der Waals surface area contributed by atoms with Crippen molar-refractivity contribution in [3.8, 4) is 22.3 Å². The molecule has 1 heterocycles. The molecule has 1 aliphatic heterocycles. The van der Waals surface area contributed by atoms with Gasteiger partial charge in [0.25, 0.3) is 0 Å². The van der Waals surface area contributed by atoms with Gasteiger partial charge in [0, 0.05) is 17.0 Å². The number of halogens is 4. The Labute approximate surface area is 192 Å². The van der Waals surface area contributed by atoms with Crippen molar-refractivity contribution in [2.45, 2.75) is 58.0 Å². The van der Waals surface area contributed by atoms with E-state index in [0.29, 0.717) is 35.3 Å². The van der Waals surface area contributed by atoms with Crippen LogP contribution in [0.3, 0.4) is 0 Å². The Bertz CT molecular complexity index is 1120. The fraction of sp³-hybridized carbons (Fsp3) is 0.357. The van der Waals surface area contributed by atoms with E-state index in [0.717, 1.165) is 25.7 Å². The molecule has 0 aromatic heterocycles. The SMILES string of the molecule is CCCC1CCC(c2ccc(-c3ccc(-c4ccc(CC)c(F)c4F)cc3)c(F)c2F)CO1. The van der Waals surface area contributed by atoms with E-state index in [9.17, 15) is 17.6 Å². The summed E-state index contributed by atoms with van der Waals surface area (Å²) >= 11 is 0. The van der Waals surface area contributed by atoms with Gasteiger partial charge in [-0.15, -0.1) is 0 Å². The van der Waals surface area contributed by atoms with Gasteiger partial charge in [-0.2, -0.15) is 0 Å². The number of rotatable bonds is 6. The number of benzene rings is 3. The van der Waals surface area contributed by atoms with Crippen LogP contribution in [0.1, 0.15) is 56.6 Å². The van der Waals surface area contributed by atoms with E-state index in [4.69, 9.17) is 4.74 Å². The lowest BCUT2D eigenvalue weighted by Crippen LogP contribution is -2.25. The molecule has 33 heavy (non-hydrogen) atoms. The van der Waals surface area contributed by atoms with E-state index in [1.54, 1.807) is 55.5 Å². The second-order valence-electron chi connectivity index (χ2n) is 8.68. The Hall–Kier alpha value is -2.66. The summed E-state index contributed by atoms with van der Waals surface area (Å²) in [6.07, 6.45) is 4.24. The summed E-state index contributed by atoms with van der Waals surface area (Å²) in [5.74, 6) is -3.66. The van der Waals surface area contributed by atoms with Crippen molar-refractivity contribution < 1.29 is 22.3 Å². The van der Waals surface area contributed by atoms with Crippen molar-refractivity contribution in [2.75, 3.05) is 6.61 Å². The number of hydrogen-bond acceptors (Lipinski definition) is 1. The molecular weight excluding hydrogens is 428 g/mol. The second-order valence-corrected chi connectivity index (χ2v) is 8.68. The molecule has 0 saturated carbocycles. The predicted molar refractivity (Wildman–Crippen MR) is 123 cm³/mol. The molecule has 4 rings (SSSR count). The molecule has 2 atom stereocenters. The first-order valence-electron chi connectivity index (χ1n) is 11.6. The molecule has 0 amide bonds. The molecule has 1 saturated heterocycles. The summed E-state index contributed by atoms with van der Waals surface area (Å²) < 4.78 is 64.4. The minimum atomic E-state index is -0.903. The summed E-state index contributed by atoms with van der Waals surface area (Å²) in [6.45, 7) is 4.26. The third-order valence-electron chi connectivity index (χ3n) is 6.58. The molecule has 0 aliphatic carbocycles. The molecule has 1 aliphatic rings. The summed E-state index contributed by atoms with van der Waals surface area (Å²) in [5, 5.41) is 0. The Kier molecular flexibility index (Phi) is 7.18. The Morgan fingerprint density at radius 2 is 1.33 bits per heavy atom. The highest BCUT2D eigenvalue weighted by atomic mass is 19.2. The Morgan fingerprint density at radius 3 is 1.88 bits per heavy atom. The summed E-state index contributed by atoms with van der Waals surface area (Å²) in [6, 6.07) is 12.7. The van der Waals surface area contributed by atoms with Gasteiger partial charge in [-0.1, -0.05) is 68.8 Å². The van der Waals surface area contributed by atoms with Gasteiger partial charge < -0.3 is 4.74 Å². The van der Waals surface area contributed by atoms with Crippen LogP contribution in [0.25, 0.3) is 22.3 Å². The average molecular weight is 457 g/mol. The highest BCUT2D eigenvalue weighted by molar-refractivity contribution is 5.71. The summed E-state index contributed by atoms with van der Waals surface area (Å²) in [5.41, 5.74) is 1.87. The first kappa shape index (κ1) is 23.5. The largest absolute Gasteiger partial charge is 0.378 e. The van der Waals surface area contributed by atoms with Crippen LogP contribution in [-0.4, -0.2) is 12.7 Å². The third kappa shape index (κ3) is 4.70. The van der Waals surface area contributed by atoms with E-state index in [1.807, 2.05) is 0 Å². The van der Waals surface area contributed by atoms with Crippen LogP contribution in [0.4, 0.5) is 17.6 Å². The fourth-order valence-electron chi connectivity index (χ4n) is 4.62. The highest BCUT2D eigenvalue weighted by Gasteiger charge is 2.27. The van der Waals surface area contributed by atoms with Gasteiger partial charge in [0.05, 0.1) is 12.7 Å². The second kappa shape index (κ2) is 10.1. The molecule has 0 N–H and O–H groups in total. The molecule has 5 heteroatoms. The number of ether oxygens (including phenoxy) is 1. The van der Waals surface area contributed by atoms with E-state index >= 15 is 0 Å². The van der Waals surface area contributed by atoms with Gasteiger partial charge in [0.1, 0.15) is 0 Å². The predicted octanol–water partition coefficient (Wildman–Crippen LogP) is 8.20. The average Bonchev–Trinajstić information content (AvgIpc) is 2.84. The van der Waals surface area contributed by atoms with Crippen LogP contribution >= 0.6 is 0 Å². The smallest absolute Gasteiger partial charge is 0.166 e. The van der Waals surface area contributed by atoms with Gasteiger partial charge >= 0.3 is 0 Å². The van der Waals surface area contributed by atoms with Crippen molar-refractivity contribution in [1.29, 1.82) is 0 Å². The van der Waals surface area contributed by atoms with Crippen LogP contribution in [-0.2, 0) is 11.2 Å². The number of aryl methyl sites for hydroxylation is 1. The number of hydrogen-bond donors (Lipinski definition) is 0. The molecule has 0 spiro atoms. The van der Waals surface area contributed by atoms with Crippen LogP contribution in [0, 0.1) is 23.3 Å². The maximum Gasteiger partial charge on any atom is 0.166 e. The third-order valence-corrected chi connectivity index (χ3v) is 6.58. The van der Waals surface area contributed by atoms with Crippen molar-refractivity contribution in [2.24, 2.45) is 0 Å². The summed E-state index contributed by atoms with van der Waals surface area (Å²) in [4.78, 5) is 0. The first-order valence-corrected chi connectivity index (χ1v) is 11.6. The Balaban J connectivity index is 1.57. The minimum Gasteiger partial charge on any atom is -0.378 e. The van der Waals surface area contributed by atoms with E-state index in [2.05, 4.69) is 6.92 Å². The zero-order valence-corrected chi connectivity index (χ0v) is 18.9. The van der Waals surface area contributed by atoms with Crippen LogP contribution in [0.15, 0.2) is 48.5 Å². The highest BCUT2D eigenvalue weighted by Crippen LogP contribution is 2.36. The molecular formula is C28H28F4O. The van der Waals surface area contributed by atoms with Crippen molar-refractivity contribution in [1.82, 2.24) is 0 Å². The van der Waals surface area contributed by atoms with Crippen LogP contribution < -0.4 is 0 Å². The Morgan fingerprint density at radius 1 is 0.727 bits per heavy atom. The zero-order valence-electron chi connectivity index (χ0n) is 18.9. The van der Waals surface area contributed by atoms with E-state index in [-0.39, 0.29) is 23.1 Å². The molecule has 0 radical (unpaired) electrons. The standard InChI is InChI=1S/C28H28F4O/c1-3-5-21-12-10-20(16-33-21)24-15-14-23(27(31)28(24)32)19-8-6-18(7-9-19)22-13-11-17(4-2)25(29)26(22)30/h6-9,11,13-15,20-21H,3-5,10,12,16H2,1-2H3. The topological polar surface area (TPSA) is 9.23 Å². The molecule has 174 valence electrons. The van der Waals surface area contributed by atoms with Gasteiger partial charge in [-0.3, -0.25) is 0 Å². The maximum atomic E-state index is 15.0. The first-order chi connectivity index (χ1) is 15.9. The van der Waals surface area contributed by atoms with Gasteiger partial charge in [0.2, 0.25) is 0 Å². The molecule has 3 aromatic rings. The van der Waals surface area contributed by atoms with Crippen molar-refractivity contribution >= 4 is 0 Å². The zero-order chi connectivity index (χ0) is 23.5. The van der Waals surface area contributed by atoms with Gasteiger partial charge in [0.15, 0.2) is 23.3 Å². The minimum absolute atomic E-state index is 0.136. The van der Waals surface area contributed by atoms with Crippen molar-refractivity contribution in [3.05, 3.63) is 82.9 Å². The molecule has 3 aromatic carbocycles. The van der Waals surface area contributed by atoms with Gasteiger partial charge in [-0.25, -0.2) is 17.6 Å². The quantitative estimate of drug-likeness (QED) is 0.340. The van der Waals surface area contributed by atoms with Crippen LogP contribution in [0.5, 0.6) is 0 Å². The monoisotopic (exact) mass is 456 g/mol. The lowest BCUT2D eigenvalue weighted by molar-refractivity contribution is -0.00181. The maximum absolute atomic E-state index is 15.0. The van der Waals surface area contributed by atoms with Gasteiger partial charge in [-0.05, 0) is 47.9 Å². The fourth-order valence-corrected chi connectivity index (χ4v) is 4.62. The normalized spacial score (nSPS) is 18.5. The van der Waals surface area contributed by atoms with Crippen molar-refractivity contribution in [3.63, 3.8) is 0 Å². The molecule has 1 nitrogen and oxygen atoms in total. The van der Waals surface area contributed by atoms with E-state index in [1.165, 1.54) is 0 Å². The van der Waals surface area contributed by atoms with E-state index < -0.39 is 23.3 Å². The lowest BCUT2D eigenvalue weighted by atomic mass is 9.88. The molecule has 2 unspecified atom stereocenters.